The molecule has 1 atom stereocenters. The van der Waals surface area contributed by atoms with Crippen molar-refractivity contribution >= 4 is 30.0 Å². The van der Waals surface area contributed by atoms with Gasteiger partial charge in [0.15, 0.2) is 0 Å². The summed E-state index contributed by atoms with van der Waals surface area (Å²) in [4.78, 5) is 30.2. The highest BCUT2D eigenvalue weighted by atomic mass is 35.5. The van der Waals surface area contributed by atoms with Gasteiger partial charge in [-0.3, -0.25) is 4.79 Å². The standard InChI is InChI=1S/C16H20N6O2.ClH/c1-21-7-6-19-14(21)13-10-18-5-8-22(13)15(23)11-3-2-4-12(9-11)20-16(17)24;/h2-4,6-7,9,13,18H,5,8,10H2,1H3,(H3,17,20,24);1H. The normalized spacial score (nSPS) is 16.8. The first-order valence-electron chi connectivity index (χ1n) is 7.71. The third-order valence-corrected chi connectivity index (χ3v) is 4.04. The quantitative estimate of drug-likeness (QED) is 0.758. The van der Waals surface area contributed by atoms with Crippen molar-refractivity contribution in [1.82, 2.24) is 19.8 Å². The van der Waals surface area contributed by atoms with Crippen molar-refractivity contribution in [3.8, 4) is 0 Å². The van der Waals surface area contributed by atoms with Gasteiger partial charge < -0.3 is 25.8 Å². The average molecular weight is 365 g/mol. The number of aryl methyl sites for hydroxylation is 1. The summed E-state index contributed by atoms with van der Waals surface area (Å²) in [5.41, 5.74) is 6.13. The van der Waals surface area contributed by atoms with Gasteiger partial charge in [0.25, 0.3) is 5.91 Å². The maximum absolute atomic E-state index is 13.0. The van der Waals surface area contributed by atoms with Crippen LogP contribution in [0.5, 0.6) is 0 Å². The second-order valence-corrected chi connectivity index (χ2v) is 5.68. The summed E-state index contributed by atoms with van der Waals surface area (Å²) < 4.78 is 1.92. The zero-order valence-electron chi connectivity index (χ0n) is 13.8. The summed E-state index contributed by atoms with van der Waals surface area (Å²) in [6.07, 6.45) is 3.59. The fourth-order valence-corrected chi connectivity index (χ4v) is 2.91. The molecule has 1 aromatic carbocycles. The molecule has 8 nitrogen and oxygen atoms in total. The number of carbonyl (C=O) groups is 2. The van der Waals surface area contributed by atoms with Crippen LogP contribution in [0.3, 0.4) is 0 Å². The van der Waals surface area contributed by atoms with Crippen molar-refractivity contribution in [2.24, 2.45) is 12.8 Å². The summed E-state index contributed by atoms with van der Waals surface area (Å²) in [7, 11) is 1.91. The molecule has 0 bridgehead atoms. The molecule has 134 valence electrons. The molecule has 25 heavy (non-hydrogen) atoms. The minimum Gasteiger partial charge on any atom is -0.351 e. The fourth-order valence-electron chi connectivity index (χ4n) is 2.91. The summed E-state index contributed by atoms with van der Waals surface area (Å²) in [6, 6.07) is 5.97. The van der Waals surface area contributed by atoms with Crippen molar-refractivity contribution in [2.75, 3.05) is 25.0 Å². The third-order valence-electron chi connectivity index (χ3n) is 4.04. The number of halogens is 1. The van der Waals surface area contributed by atoms with Gasteiger partial charge in [-0.2, -0.15) is 0 Å². The number of amides is 3. The molecule has 1 aliphatic rings. The molecular formula is C16H21ClN6O2. The molecule has 3 rings (SSSR count). The van der Waals surface area contributed by atoms with E-state index in [4.69, 9.17) is 5.73 Å². The molecule has 1 saturated heterocycles. The van der Waals surface area contributed by atoms with Crippen molar-refractivity contribution < 1.29 is 9.59 Å². The van der Waals surface area contributed by atoms with E-state index in [0.717, 1.165) is 12.4 Å². The van der Waals surface area contributed by atoms with Crippen LogP contribution in [0.2, 0.25) is 0 Å². The van der Waals surface area contributed by atoms with Crippen molar-refractivity contribution in [1.29, 1.82) is 0 Å². The van der Waals surface area contributed by atoms with Gasteiger partial charge in [-0.05, 0) is 18.2 Å². The smallest absolute Gasteiger partial charge is 0.316 e. The predicted octanol–water partition coefficient (Wildman–Crippen LogP) is 1.12. The van der Waals surface area contributed by atoms with E-state index in [-0.39, 0.29) is 24.4 Å². The molecule has 0 spiro atoms. The Hall–Kier alpha value is -2.58. The molecule has 4 N–H and O–H groups in total. The highest BCUT2D eigenvalue weighted by Crippen LogP contribution is 2.23. The van der Waals surface area contributed by atoms with E-state index in [1.807, 2.05) is 22.7 Å². The van der Waals surface area contributed by atoms with Crippen molar-refractivity contribution in [3.63, 3.8) is 0 Å². The Balaban J connectivity index is 0.00000225. The lowest BCUT2D eigenvalue weighted by molar-refractivity contribution is 0.0621. The number of aromatic nitrogens is 2. The van der Waals surface area contributed by atoms with E-state index in [0.29, 0.717) is 24.3 Å². The summed E-state index contributed by atoms with van der Waals surface area (Å²) >= 11 is 0. The fraction of sp³-hybridized carbons (Fsp3) is 0.312. The Morgan fingerprint density at radius 1 is 1.40 bits per heavy atom. The molecule has 2 aromatic rings. The predicted molar refractivity (Wildman–Crippen MR) is 96.8 cm³/mol. The van der Waals surface area contributed by atoms with Gasteiger partial charge in [0.05, 0.1) is 0 Å². The zero-order valence-corrected chi connectivity index (χ0v) is 14.6. The molecule has 1 aliphatic heterocycles. The topological polar surface area (TPSA) is 105 Å². The van der Waals surface area contributed by atoms with Crippen LogP contribution >= 0.6 is 12.4 Å². The molecule has 3 amide bonds. The van der Waals surface area contributed by atoms with E-state index >= 15 is 0 Å². The second-order valence-electron chi connectivity index (χ2n) is 5.68. The van der Waals surface area contributed by atoms with Crippen molar-refractivity contribution in [3.05, 3.63) is 48.0 Å². The molecule has 0 saturated carbocycles. The maximum Gasteiger partial charge on any atom is 0.316 e. The molecule has 1 aromatic heterocycles. The number of benzene rings is 1. The Kier molecular flexibility index (Phi) is 6.00. The van der Waals surface area contributed by atoms with Crippen molar-refractivity contribution in [2.45, 2.75) is 6.04 Å². The number of hydrogen-bond donors (Lipinski definition) is 3. The number of primary amides is 1. The number of rotatable bonds is 3. The van der Waals surface area contributed by atoms with Gasteiger partial charge >= 0.3 is 6.03 Å². The van der Waals surface area contributed by atoms with Gasteiger partial charge in [0.1, 0.15) is 11.9 Å². The Bertz CT molecular complexity index is 763. The molecule has 0 radical (unpaired) electrons. The third kappa shape index (κ3) is 4.09. The summed E-state index contributed by atoms with van der Waals surface area (Å²) in [5, 5.41) is 5.79. The van der Waals surface area contributed by atoms with Crippen LogP contribution in [0.15, 0.2) is 36.7 Å². The lowest BCUT2D eigenvalue weighted by Crippen LogP contribution is -2.49. The van der Waals surface area contributed by atoms with E-state index in [1.165, 1.54) is 0 Å². The second kappa shape index (κ2) is 8.00. The van der Waals surface area contributed by atoms with E-state index in [1.54, 1.807) is 30.5 Å². The summed E-state index contributed by atoms with van der Waals surface area (Å²) in [5.74, 6) is 0.736. The average Bonchev–Trinajstić information content (AvgIpc) is 3.00. The number of anilines is 1. The van der Waals surface area contributed by atoms with E-state index in [2.05, 4.69) is 15.6 Å². The Labute approximate surface area is 151 Å². The monoisotopic (exact) mass is 364 g/mol. The van der Waals surface area contributed by atoms with Crippen LogP contribution in [-0.2, 0) is 7.05 Å². The van der Waals surface area contributed by atoms with Gasteiger partial charge in [0, 0.05) is 50.3 Å². The minimum absolute atomic E-state index is 0. The van der Waals surface area contributed by atoms with Crippen LogP contribution in [0.1, 0.15) is 22.2 Å². The molecular weight excluding hydrogens is 344 g/mol. The van der Waals surface area contributed by atoms with E-state index in [9.17, 15) is 9.59 Å². The Morgan fingerprint density at radius 3 is 2.88 bits per heavy atom. The first-order chi connectivity index (χ1) is 11.6. The molecule has 9 heteroatoms. The van der Waals surface area contributed by atoms with Crippen LogP contribution in [-0.4, -0.2) is 46.0 Å². The number of hydrogen-bond acceptors (Lipinski definition) is 4. The molecule has 0 aliphatic carbocycles. The van der Waals surface area contributed by atoms with Crippen LogP contribution in [0, 0.1) is 0 Å². The lowest BCUT2D eigenvalue weighted by atomic mass is 10.1. The number of carbonyl (C=O) groups excluding carboxylic acids is 2. The highest BCUT2D eigenvalue weighted by molar-refractivity contribution is 5.97. The van der Waals surface area contributed by atoms with Gasteiger partial charge in [-0.1, -0.05) is 6.07 Å². The van der Waals surface area contributed by atoms with Crippen LogP contribution < -0.4 is 16.4 Å². The largest absolute Gasteiger partial charge is 0.351 e. The first-order valence-corrected chi connectivity index (χ1v) is 7.71. The number of nitrogens with two attached hydrogens (primary N) is 1. The van der Waals surface area contributed by atoms with Gasteiger partial charge in [-0.15, -0.1) is 12.4 Å². The first kappa shape index (κ1) is 18.8. The van der Waals surface area contributed by atoms with E-state index < -0.39 is 6.03 Å². The lowest BCUT2D eigenvalue weighted by Gasteiger charge is -2.35. The number of piperazine rings is 1. The Morgan fingerprint density at radius 2 is 2.20 bits per heavy atom. The van der Waals surface area contributed by atoms with Crippen LogP contribution in [0.4, 0.5) is 10.5 Å². The van der Waals surface area contributed by atoms with Crippen LogP contribution in [0.25, 0.3) is 0 Å². The maximum atomic E-state index is 13.0. The molecule has 2 heterocycles. The number of nitrogens with zero attached hydrogens (tertiary/aromatic N) is 3. The number of nitrogens with one attached hydrogen (secondary N) is 2. The summed E-state index contributed by atoms with van der Waals surface area (Å²) in [6.45, 7) is 1.96. The highest BCUT2D eigenvalue weighted by Gasteiger charge is 2.31. The number of imidazole rings is 1. The SMILES string of the molecule is Cl.Cn1ccnc1C1CNCCN1C(=O)c1cccc(NC(N)=O)c1. The van der Waals surface area contributed by atoms with Gasteiger partial charge in [0.2, 0.25) is 0 Å². The minimum atomic E-state index is -0.660. The molecule has 1 unspecified atom stereocenters. The molecule has 1 fully saturated rings. The number of urea groups is 1. The van der Waals surface area contributed by atoms with Gasteiger partial charge in [-0.25, -0.2) is 9.78 Å². The zero-order chi connectivity index (χ0) is 17.1.